The van der Waals surface area contributed by atoms with E-state index in [0.717, 1.165) is 6.42 Å². The van der Waals surface area contributed by atoms with E-state index in [1.165, 1.54) is 11.4 Å². The third-order valence-corrected chi connectivity index (χ3v) is 3.65. The highest BCUT2D eigenvalue weighted by Gasteiger charge is 2.27. The smallest absolute Gasteiger partial charge is 0.0925 e. The second kappa shape index (κ2) is 4.38. The van der Waals surface area contributed by atoms with E-state index >= 15 is 0 Å². The number of H-pyrrole nitrogens is 1. The molecular formula is C13H24N2. The highest BCUT2D eigenvalue weighted by atomic mass is 14.9. The topological polar surface area (TPSA) is 28.7 Å². The van der Waals surface area contributed by atoms with E-state index in [2.05, 4.69) is 51.5 Å². The van der Waals surface area contributed by atoms with Crippen LogP contribution < -0.4 is 0 Å². The van der Waals surface area contributed by atoms with Gasteiger partial charge in [-0.2, -0.15) is 0 Å². The van der Waals surface area contributed by atoms with Crippen molar-refractivity contribution in [3.8, 4) is 0 Å². The predicted molar refractivity (Wildman–Crippen MR) is 65.2 cm³/mol. The number of hydrogen-bond donors (Lipinski definition) is 1. The van der Waals surface area contributed by atoms with E-state index in [9.17, 15) is 0 Å². The van der Waals surface area contributed by atoms with Crippen LogP contribution in [-0.4, -0.2) is 9.97 Å². The molecule has 1 N–H and O–H groups in total. The van der Waals surface area contributed by atoms with Gasteiger partial charge in [-0.15, -0.1) is 0 Å². The number of hydrogen-bond acceptors (Lipinski definition) is 1. The van der Waals surface area contributed by atoms with Gasteiger partial charge < -0.3 is 4.98 Å². The first kappa shape index (κ1) is 12.3. The maximum atomic E-state index is 4.51. The zero-order valence-corrected chi connectivity index (χ0v) is 10.9. The maximum Gasteiger partial charge on any atom is 0.0925 e. The molecule has 2 heteroatoms. The molecule has 15 heavy (non-hydrogen) atoms. The molecule has 0 aliphatic heterocycles. The van der Waals surface area contributed by atoms with Crippen LogP contribution in [0.4, 0.5) is 0 Å². The summed E-state index contributed by atoms with van der Waals surface area (Å²) in [6.07, 6.45) is 2.95. The van der Waals surface area contributed by atoms with Crippen LogP contribution in [0.5, 0.6) is 0 Å². The van der Waals surface area contributed by atoms with Gasteiger partial charge in [0.2, 0.25) is 0 Å². The van der Waals surface area contributed by atoms with Crippen LogP contribution >= 0.6 is 0 Å². The number of nitrogens with zero attached hydrogens (tertiary/aromatic N) is 1. The van der Waals surface area contributed by atoms with Gasteiger partial charge in [0.1, 0.15) is 0 Å². The lowest BCUT2D eigenvalue weighted by atomic mass is 9.81. The van der Waals surface area contributed by atoms with Gasteiger partial charge in [-0.25, -0.2) is 4.98 Å². The van der Waals surface area contributed by atoms with E-state index in [-0.39, 0.29) is 5.41 Å². The van der Waals surface area contributed by atoms with E-state index in [1.807, 2.05) is 6.33 Å². The molecule has 1 aromatic heterocycles. The lowest BCUT2D eigenvalue weighted by Gasteiger charge is -2.25. The van der Waals surface area contributed by atoms with Crippen molar-refractivity contribution in [2.75, 3.05) is 0 Å². The molecule has 0 saturated heterocycles. The fourth-order valence-corrected chi connectivity index (χ4v) is 1.69. The zero-order chi connectivity index (χ0) is 11.6. The van der Waals surface area contributed by atoms with Crippen LogP contribution in [0.25, 0.3) is 0 Å². The molecule has 0 bridgehead atoms. The molecule has 0 spiro atoms. The molecular weight excluding hydrogens is 184 g/mol. The Bertz CT molecular complexity index is 310. The Kier molecular flexibility index (Phi) is 3.58. The van der Waals surface area contributed by atoms with Gasteiger partial charge in [0.15, 0.2) is 0 Å². The van der Waals surface area contributed by atoms with Gasteiger partial charge in [0, 0.05) is 17.0 Å². The summed E-state index contributed by atoms with van der Waals surface area (Å²) in [7, 11) is 0. The molecule has 0 saturated carbocycles. The van der Waals surface area contributed by atoms with Gasteiger partial charge in [-0.3, -0.25) is 0 Å². The third-order valence-electron chi connectivity index (χ3n) is 3.65. The Hall–Kier alpha value is -0.790. The Balaban J connectivity index is 3.06. The molecule has 1 atom stereocenters. The Morgan fingerprint density at radius 1 is 1.33 bits per heavy atom. The second-order valence-corrected chi connectivity index (χ2v) is 5.43. The number of aromatic amines is 1. The SMILES string of the molecule is CCC(C)(C)c1nc[nH]c1C(C)C(C)C. The lowest BCUT2D eigenvalue weighted by molar-refractivity contribution is 0.462. The molecule has 0 radical (unpaired) electrons. The first-order valence-electron chi connectivity index (χ1n) is 5.94. The molecule has 0 fully saturated rings. The van der Waals surface area contributed by atoms with Crippen LogP contribution in [-0.2, 0) is 5.41 Å². The van der Waals surface area contributed by atoms with Gasteiger partial charge in [-0.1, -0.05) is 41.5 Å². The van der Waals surface area contributed by atoms with Crippen molar-refractivity contribution in [1.82, 2.24) is 9.97 Å². The number of aromatic nitrogens is 2. The van der Waals surface area contributed by atoms with Crippen molar-refractivity contribution in [3.63, 3.8) is 0 Å². The minimum atomic E-state index is 0.179. The van der Waals surface area contributed by atoms with Gasteiger partial charge in [0.25, 0.3) is 0 Å². The average molecular weight is 208 g/mol. The fraction of sp³-hybridized carbons (Fsp3) is 0.769. The first-order chi connectivity index (χ1) is 6.90. The van der Waals surface area contributed by atoms with E-state index in [0.29, 0.717) is 11.8 Å². The van der Waals surface area contributed by atoms with Crippen LogP contribution in [0, 0.1) is 5.92 Å². The lowest BCUT2D eigenvalue weighted by Crippen LogP contribution is -2.20. The average Bonchev–Trinajstić information content (AvgIpc) is 2.65. The summed E-state index contributed by atoms with van der Waals surface area (Å²) >= 11 is 0. The minimum absolute atomic E-state index is 0.179. The van der Waals surface area contributed by atoms with E-state index in [4.69, 9.17) is 0 Å². The Morgan fingerprint density at radius 3 is 2.40 bits per heavy atom. The molecule has 0 aliphatic rings. The summed E-state index contributed by atoms with van der Waals surface area (Å²) < 4.78 is 0. The molecule has 0 amide bonds. The Labute approximate surface area is 93.5 Å². The summed E-state index contributed by atoms with van der Waals surface area (Å²) in [4.78, 5) is 7.82. The molecule has 2 nitrogen and oxygen atoms in total. The van der Waals surface area contributed by atoms with Gasteiger partial charge >= 0.3 is 0 Å². The van der Waals surface area contributed by atoms with Crippen molar-refractivity contribution < 1.29 is 0 Å². The molecule has 0 aliphatic carbocycles. The quantitative estimate of drug-likeness (QED) is 0.799. The number of rotatable bonds is 4. The van der Waals surface area contributed by atoms with Gasteiger partial charge in [0.05, 0.1) is 12.0 Å². The van der Waals surface area contributed by atoms with Crippen molar-refractivity contribution in [3.05, 3.63) is 17.7 Å². The summed E-state index contributed by atoms with van der Waals surface area (Å²) in [5.74, 6) is 1.20. The van der Waals surface area contributed by atoms with Crippen molar-refractivity contribution in [1.29, 1.82) is 0 Å². The van der Waals surface area contributed by atoms with Crippen LogP contribution in [0.3, 0.4) is 0 Å². The molecule has 1 rings (SSSR count). The minimum Gasteiger partial charge on any atom is -0.348 e. The highest BCUT2D eigenvalue weighted by molar-refractivity contribution is 5.23. The van der Waals surface area contributed by atoms with Crippen molar-refractivity contribution >= 4 is 0 Å². The van der Waals surface area contributed by atoms with E-state index < -0.39 is 0 Å². The molecule has 1 heterocycles. The summed E-state index contributed by atoms with van der Waals surface area (Å²) in [6.45, 7) is 13.5. The van der Waals surface area contributed by atoms with Crippen LogP contribution in [0.2, 0.25) is 0 Å². The highest BCUT2D eigenvalue weighted by Crippen LogP contribution is 2.33. The van der Waals surface area contributed by atoms with Crippen LogP contribution in [0.15, 0.2) is 6.33 Å². The summed E-state index contributed by atoms with van der Waals surface area (Å²) in [5, 5.41) is 0. The predicted octanol–water partition coefficient (Wildman–Crippen LogP) is 3.86. The van der Waals surface area contributed by atoms with Crippen LogP contribution in [0.1, 0.15) is 65.3 Å². The number of nitrogens with one attached hydrogen (secondary N) is 1. The molecule has 1 unspecified atom stereocenters. The van der Waals surface area contributed by atoms with Gasteiger partial charge in [-0.05, 0) is 12.3 Å². The maximum absolute atomic E-state index is 4.51. The van der Waals surface area contributed by atoms with Crippen molar-refractivity contribution in [2.24, 2.45) is 5.92 Å². The molecule has 86 valence electrons. The Morgan fingerprint density at radius 2 is 1.93 bits per heavy atom. The first-order valence-corrected chi connectivity index (χ1v) is 5.94. The zero-order valence-electron chi connectivity index (χ0n) is 10.9. The summed E-state index contributed by atoms with van der Waals surface area (Å²) in [6, 6.07) is 0. The molecule has 1 aromatic rings. The number of imidazole rings is 1. The van der Waals surface area contributed by atoms with Crippen molar-refractivity contribution in [2.45, 2.75) is 59.3 Å². The second-order valence-electron chi connectivity index (χ2n) is 5.43. The normalized spacial score (nSPS) is 14.6. The summed E-state index contributed by atoms with van der Waals surface area (Å²) in [5.41, 5.74) is 2.74. The molecule has 0 aromatic carbocycles. The largest absolute Gasteiger partial charge is 0.348 e. The monoisotopic (exact) mass is 208 g/mol. The third kappa shape index (κ3) is 2.42. The van der Waals surface area contributed by atoms with E-state index in [1.54, 1.807) is 0 Å². The fourth-order valence-electron chi connectivity index (χ4n) is 1.69. The standard InChI is InChI=1S/C13H24N2/c1-7-13(5,6)12-11(14-8-15-12)10(4)9(2)3/h8-10H,7H2,1-6H3,(H,14,15).